The van der Waals surface area contributed by atoms with Crippen LogP contribution in [0, 0.1) is 6.92 Å². The van der Waals surface area contributed by atoms with Crippen LogP contribution < -0.4 is 15.5 Å². The van der Waals surface area contributed by atoms with Crippen LogP contribution in [-0.2, 0) is 9.59 Å². The molecule has 2 aliphatic rings. The molecule has 1 saturated heterocycles. The maximum Gasteiger partial charge on any atom is 0.329 e. The number of nitrogens with one attached hydrogen (secondary N) is 2. The van der Waals surface area contributed by atoms with E-state index >= 15 is 0 Å². The highest BCUT2D eigenvalue weighted by Gasteiger charge is 2.49. The molecule has 4 amide bonds. The number of urea groups is 1. The van der Waals surface area contributed by atoms with Crippen molar-refractivity contribution in [3.05, 3.63) is 71.4 Å². The third kappa shape index (κ3) is 3.79. The van der Waals surface area contributed by atoms with Crippen LogP contribution in [0.2, 0.25) is 0 Å². The zero-order valence-corrected chi connectivity index (χ0v) is 18.0. The van der Waals surface area contributed by atoms with Crippen molar-refractivity contribution < 1.29 is 14.4 Å². The average Bonchev–Trinajstić information content (AvgIpc) is 3.06. The van der Waals surface area contributed by atoms with E-state index in [2.05, 4.69) is 24.5 Å². The minimum absolute atomic E-state index is 0.339. The van der Waals surface area contributed by atoms with E-state index in [1.165, 1.54) is 5.56 Å². The highest BCUT2D eigenvalue weighted by Crippen LogP contribution is 2.30. The Balaban J connectivity index is 1.53. The van der Waals surface area contributed by atoms with Gasteiger partial charge in [0.15, 0.2) is 0 Å². The fourth-order valence-electron chi connectivity index (χ4n) is 3.98. The van der Waals surface area contributed by atoms with Gasteiger partial charge in [-0.2, -0.15) is 0 Å². The molecule has 160 valence electrons. The molecular formula is C24H26N4O3. The molecule has 0 spiro atoms. The summed E-state index contributed by atoms with van der Waals surface area (Å²) in [6, 6.07) is 12.9. The largest absolute Gasteiger partial charge is 0.366 e. The molecule has 0 bridgehead atoms. The van der Waals surface area contributed by atoms with Gasteiger partial charge in [-0.25, -0.2) is 9.69 Å². The lowest BCUT2D eigenvalue weighted by molar-refractivity contribution is -0.122. The monoisotopic (exact) mass is 418 g/mol. The van der Waals surface area contributed by atoms with E-state index < -0.39 is 18.1 Å². The van der Waals surface area contributed by atoms with E-state index in [1.807, 2.05) is 43.3 Å². The lowest BCUT2D eigenvalue weighted by Gasteiger charge is -2.37. The third-order valence-corrected chi connectivity index (χ3v) is 5.78. The van der Waals surface area contributed by atoms with Crippen LogP contribution in [0.5, 0.6) is 0 Å². The number of nitrogens with zero attached hydrogens (tertiary/aromatic N) is 2. The highest BCUT2D eigenvalue weighted by atomic mass is 16.2. The second-order valence-electron chi connectivity index (χ2n) is 8.36. The SMILES string of the molecule is Cc1ccc(N2C(=O)NC3C(C(=O)Nc4ccc(C(C)C)cc4)=CN(C)C3C2=O)cc1. The Morgan fingerprint density at radius 2 is 1.68 bits per heavy atom. The van der Waals surface area contributed by atoms with Crippen LogP contribution in [0.3, 0.4) is 0 Å². The Morgan fingerprint density at radius 1 is 1.03 bits per heavy atom. The fourth-order valence-corrected chi connectivity index (χ4v) is 3.98. The molecule has 2 aliphatic heterocycles. The number of hydrogen-bond donors (Lipinski definition) is 2. The van der Waals surface area contributed by atoms with Gasteiger partial charge in [0.25, 0.3) is 11.8 Å². The standard InChI is InChI=1S/C24H26N4O3/c1-14(2)16-7-9-17(10-8-16)25-22(29)19-13-27(4)21-20(19)26-24(31)28(23(21)30)18-11-5-15(3)6-12-18/h5-14,20-21H,1-4H3,(H,25,29)(H,26,31). The van der Waals surface area contributed by atoms with Crippen LogP contribution in [0.1, 0.15) is 30.9 Å². The third-order valence-electron chi connectivity index (χ3n) is 5.78. The van der Waals surface area contributed by atoms with E-state index in [1.54, 1.807) is 30.3 Å². The van der Waals surface area contributed by atoms with Crippen molar-refractivity contribution in [2.75, 3.05) is 17.3 Å². The fraction of sp³-hybridized carbons (Fsp3) is 0.292. The van der Waals surface area contributed by atoms with Gasteiger partial charge in [-0.1, -0.05) is 43.7 Å². The molecule has 2 aromatic rings. The summed E-state index contributed by atoms with van der Waals surface area (Å²) in [6.45, 7) is 6.15. The summed E-state index contributed by atoms with van der Waals surface area (Å²) in [5, 5.41) is 5.71. The van der Waals surface area contributed by atoms with Gasteiger partial charge in [0, 0.05) is 18.9 Å². The van der Waals surface area contributed by atoms with E-state index in [-0.39, 0.29) is 11.8 Å². The summed E-state index contributed by atoms with van der Waals surface area (Å²) in [4.78, 5) is 41.8. The van der Waals surface area contributed by atoms with Crippen LogP contribution in [-0.4, -0.2) is 41.9 Å². The second kappa shape index (κ2) is 7.91. The maximum atomic E-state index is 13.2. The zero-order chi connectivity index (χ0) is 22.3. The van der Waals surface area contributed by atoms with Gasteiger partial charge in [0.2, 0.25) is 0 Å². The molecule has 0 aromatic heterocycles. The number of carbonyl (C=O) groups excluding carboxylic acids is 3. The van der Waals surface area contributed by atoms with Crippen LogP contribution in [0.15, 0.2) is 60.3 Å². The number of amides is 4. The van der Waals surface area contributed by atoms with Crippen LogP contribution in [0.25, 0.3) is 0 Å². The normalized spacial score (nSPS) is 20.5. The molecule has 2 atom stereocenters. The topological polar surface area (TPSA) is 81.8 Å². The molecule has 0 radical (unpaired) electrons. The molecule has 31 heavy (non-hydrogen) atoms. The highest BCUT2D eigenvalue weighted by molar-refractivity contribution is 6.20. The first-order valence-corrected chi connectivity index (χ1v) is 10.3. The van der Waals surface area contributed by atoms with Crippen LogP contribution in [0.4, 0.5) is 16.2 Å². The first-order chi connectivity index (χ1) is 14.8. The molecule has 0 saturated carbocycles. The number of fused-ring (bicyclic) bond motifs is 1. The molecule has 2 unspecified atom stereocenters. The predicted octanol–water partition coefficient (Wildman–Crippen LogP) is 3.38. The number of aryl methyl sites for hydroxylation is 1. The molecule has 4 rings (SSSR count). The van der Waals surface area contributed by atoms with Gasteiger partial charge in [0.05, 0.1) is 17.3 Å². The van der Waals surface area contributed by atoms with Crippen molar-refractivity contribution in [1.82, 2.24) is 10.2 Å². The van der Waals surface area contributed by atoms with Gasteiger partial charge in [0.1, 0.15) is 6.04 Å². The van der Waals surface area contributed by atoms with Crippen molar-refractivity contribution in [2.45, 2.75) is 38.8 Å². The number of rotatable bonds is 4. The molecular weight excluding hydrogens is 392 g/mol. The summed E-state index contributed by atoms with van der Waals surface area (Å²) in [6.07, 6.45) is 1.63. The predicted molar refractivity (Wildman–Crippen MR) is 120 cm³/mol. The van der Waals surface area contributed by atoms with Gasteiger partial charge >= 0.3 is 6.03 Å². The Kier molecular flexibility index (Phi) is 5.27. The van der Waals surface area contributed by atoms with E-state index in [0.717, 1.165) is 10.5 Å². The average molecular weight is 418 g/mol. The Hall–Kier alpha value is -3.61. The first-order valence-electron chi connectivity index (χ1n) is 10.3. The summed E-state index contributed by atoms with van der Waals surface area (Å²) in [7, 11) is 1.73. The molecule has 1 fully saturated rings. The Morgan fingerprint density at radius 3 is 2.29 bits per heavy atom. The van der Waals surface area contributed by atoms with E-state index in [4.69, 9.17) is 0 Å². The van der Waals surface area contributed by atoms with Gasteiger partial charge in [-0.15, -0.1) is 0 Å². The maximum absolute atomic E-state index is 13.2. The van der Waals surface area contributed by atoms with Crippen molar-refractivity contribution in [3.63, 3.8) is 0 Å². The number of benzene rings is 2. The molecule has 7 heteroatoms. The zero-order valence-electron chi connectivity index (χ0n) is 18.0. The summed E-state index contributed by atoms with van der Waals surface area (Å²) >= 11 is 0. The second-order valence-corrected chi connectivity index (χ2v) is 8.36. The quantitative estimate of drug-likeness (QED) is 0.798. The summed E-state index contributed by atoms with van der Waals surface area (Å²) in [5.41, 5.74) is 3.73. The Labute approximate surface area is 181 Å². The Bertz CT molecular complexity index is 1060. The van der Waals surface area contributed by atoms with Crippen molar-refractivity contribution >= 4 is 29.2 Å². The molecule has 0 aliphatic carbocycles. The number of carbonyl (C=O) groups is 3. The smallest absolute Gasteiger partial charge is 0.329 e. The minimum Gasteiger partial charge on any atom is -0.366 e. The first kappa shape index (κ1) is 20.7. The van der Waals surface area contributed by atoms with Gasteiger partial charge in [-0.3, -0.25) is 9.59 Å². The molecule has 2 heterocycles. The van der Waals surface area contributed by atoms with Gasteiger partial charge < -0.3 is 15.5 Å². The lowest BCUT2D eigenvalue weighted by Crippen LogP contribution is -2.65. The summed E-state index contributed by atoms with van der Waals surface area (Å²) in [5.74, 6) is -0.300. The molecule has 7 nitrogen and oxygen atoms in total. The lowest BCUT2D eigenvalue weighted by atomic mass is 9.98. The van der Waals surface area contributed by atoms with E-state index in [0.29, 0.717) is 22.9 Å². The van der Waals surface area contributed by atoms with Crippen molar-refractivity contribution in [2.24, 2.45) is 0 Å². The molecule has 2 N–H and O–H groups in total. The number of hydrogen-bond acceptors (Lipinski definition) is 4. The van der Waals surface area contributed by atoms with Crippen LogP contribution >= 0.6 is 0 Å². The number of anilines is 2. The van der Waals surface area contributed by atoms with E-state index in [9.17, 15) is 14.4 Å². The summed E-state index contributed by atoms with van der Waals surface area (Å²) < 4.78 is 0. The van der Waals surface area contributed by atoms with Crippen molar-refractivity contribution in [3.8, 4) is 0 Å². The number of imide groups is 1. The molecule has 2 aromatic carbocycles. The number of likely N-dealkylation sites (N-methyl/N-ethyl adjacent to an activating group) is 1. The van der Waals surface area contributed by atoms with Gasteiger partial charge in [-0.05, 0) is 42.7 Å². The van der Waals surface area contributed by atoms with Crippen molar-refractivity contribution in [1.29, 1.82) is 0 Å². The minimum atomic E-state index is -0.707.